The van der Waals surface area contributed by atoms with Gasteiger partial charge in [0.15, 0.2) is 0 Å². The average Bonchev–Trinajstić information content (AvgIpc) is 1.56. The molecule has 0 aliphatic carbocycles. The summed E-state index contributed by atoms with van der Waals surface area (Å²) in [6.45, 7) is 0. The predicted molar refractivity (Wildman–Crippen MR) is 407 cm³/mol. The molecule has 20 rings (SSSR count). The highest BCUT2D eigenvalue weighted by Crippen LogP contribution is 2.45. The third kappa shape index (κ3) is 8.91. The molecule has 0 aliphatic heterocycles. The van der Waals surface area contributed by atoms with E-state index < -0.39 is 0 Å². The van der Waals surface area contributed by atoms with Gasteiger partial charge < -0.3 is 18.3 Å². The Hall–Kier alpha value is -12.8. The zero-order valence-corrected chi connectivity index (χ0v) is 52.4. The van der Waals surface area contributed by atoms with Gasteiger partial charge in [-0.15, -0.1) is 0 Å². The maximum Gasteiger partial charge on any atom is 0.0619 e. The Balaban J connectivity index is 0.000000135. The summed E-state index contributed by atoms with van der Waals surface area (Å²) in [6.07, 6.45) is 0. The van der Waals surface area contributed by atoms with Gasteiger partial charge in [-0.3, -0.25) is 0 Å². The molecule has 448 valence electrons. The van der Waals surface area contributed by atoms with Crippen LogP contribution in [0.1, 0.15) is 0 Å². The molecule has 96 heavy (non-hydrogen) atoms. The topological polar surface area (TPSA) is 19.7 Å². The minimum Gasteiger partial charge on any atom is -0.309 e. The Morgan fingerprint density at radius 1 is 0.146 bits per heavy atom. The largest absolute Gasteiger partial charge is 0.309 e. The number of benzene rings is 16. The summed E-state index contributed by atoms with van der Waals surface area (Å²) in [4.78, 5) is 0. The van der Waals surface area contributed by atoms with E-state index in [4.69, 9.17) is 0 Å². The molecule has 4 heteroatoms. The van der Waals surface area contributed by atoms with Gasteiger partial charge in [-0.25, -0.2) is 0 Å². The van der Waals surface area contributed by atoms with Crippen LogP contribution in [0.5, 0.6) is 0 Å². The maximum atomic E-state index is 2.46. The zero-order chi connectivity index (χ0) is 63.2. The average molecular weight is 1220 g/mol. The van der Waals surface area contributed by atoms with Crippen molar-refractivity contribution >= 4 is 109 Å². The van der Waals surface area contributed by atoms with Crippen LogP contribution < -0.4 is 0 Å². The molecule has 0 aliphatic rings. The summed E-state index contributed by atoms with van der Waals surface area (Å²) in [7, 11) is 0. The molecule has 0 spiro atoms. The van der Waals surface area contributed by atoms with Crippen molar-refractivity contribution < 1.29 is 0 Å². The first-order valence-corrected chi connectivity index (χ1v) is 33.1. The van der Waals surface area contributed by atoms with Crippen molar-refractivity contribution in [3.63, 3.8) is 0 Å². The number of aromatic nitrogens is 4. The number of hydrogen-bond donors (Lipinski definition) is 0. The van der Waals surface area contributed by atoms with E-state index in [1.807, 2.05) is 0 Å². The van der Waals surface area contributed by atoms with Crippen molar-refractivity contribution in [2.75, 3.05) is 0 Å². The standard InChI is InChI=1S/2C46H30N2/c1-3-14-31(15-4-1)36-21-9-10-22-37(36)33-17-13-20-35(28-33)47-43-25-12-11-24-39(43)41-29-42-40-27-26-32-16-7-8-23-38(32)46(40)48(45(42)30-44(41)47)34-18-5-2-6-19-34;1-3-13-31(14-4-1)37-19-9-10-20-38(37)32-23-25-36(26-24-32)47-43-22-12-11-21-39(43)41-29-42-40-27-33-15-7-8-16-34(33)28-44(40)48(46(42)30-45(41)47)35-17-5-2-6-18-35/h2*1-30H. The molecule has 4 heterocycles. The third-order valence-electron chi connectivity index (χ3n) is 19.8. The second kappa shape index (κ2) is 22.5. The zero-order valence-electron chi connectivity index (χ0n) is 52.4. The lowest BCUT2D eigenvalue weighted by molar-refractivity contribution is 1.17. The van der Waals surface area contributed by atoms with Crippen molar-refractivity contribution in [1.29, 1.82) is 0 Å². The highest BCUT2D eigenvalue weighted by atomic mass is 15.0. The summed E-state index contributed by atoms with van der Waals surface area (Å²) < 4.78 is 9.77. The molecule has 0 N–H and O–H groups in total. The van der Waals surface area contributed by atoms with E-state index in [2.05, 4.69) is 382 Å². The lowest BCUT2D eigenvalue weighted by Crippen LogP contribution is -1.96. The van der Waals surface area contributed by atoms with Crippen LogP contribution in [0, 0.1) is 0 Å². The summed E-state index contributed by atoms with van der Waals surface area (Å²) in [5.41, 5.74) is 24.1. The highest BCUT2D eigenvalue weighted by molar-refractivity contribution is 6.24. The second-order valence-electron chi connectivity index (χ2n) is 25.1. The van der Waals surface area contributed by atoms with Crippen LogP contribution in [0.15, 0.2) is 364 Å². The van der Waals surface area contributed by atoms with E-state index in [-0.39, 0.29) is 0 Å². The van der Waals surface area contributed by atoms with E-state index in [9.17, 15) is 0 Å². The molecule has 0 amide bonds. The van der Waals surface area contributed by atoms with Crippen LogP contribution in [0.25, 0.3) is 176 Å². The third-order valence-corrected chi connectivity index (χ3v) is 19.8. The molecule has 0 bridgehead atoms. The van der Waals surface area contributed by atoms with Gasteiger partial charge in [0.05, 0.1) is 44.1 Å². The molecule has 0 atom stereocenters. The molecule has 4 nitrogen and oxygen atoms in total. The number of para-hydroxylation sites is 4. The molecule has 0 fully saturated rings. The number of nitrogens with zero attached hydrogens (tertiary/aromatic N) is 4. The molecule has 20 aromatic rings. The minimum atomic E-state index is 1.15. The van der Waals surface area contributed by atoms with Gasteiger partial charge in [-0.05, 0) is 158 Å². The lowest BCUT2D eigenvalue weighted by Gasteiger charge is -2.14. The Morgan fingerprint density at radius 3 is 1.07 bits per heavy atom. The van der Waals surface area contributed by atoms with Crippen LogP contribution in [0.3, 0.4) is 0 Å². The van der Waals surface area contributed by atoms with Gasteiger partial charge in [0, 0.05) is 71.2 Å². The molecule has 16 aromatic carbocycles. The first-order chi connectivity index (χ1) is 47.6. The van der Waals surface area contributed by atoms with Crippen molar-refractivity contribution in [1.82, 2.24) is 18.3 Å². The quantitative estimate of drug-likeness (QED) is 0.144. The Morgan fingerprint density at radius 2 is 0.500 bits per heavy atom. The summed E-state index contributed by atoms with van der Waals surface area (Å²) >= 11 is 0. The Bertz CT molecular complexity index is 6410. The normalized spacial score (nSPS) is 11.8. The van der Waals surface area contributed by atoms with Crippen molar-refractivity contribution in [3.05, 3.63) is 364 Å². The summed E-state index contributed by atoms with van der Waals surface area (Å²) in [5, 5.41) is 15.1. The van der Waals surface area contributed by atoms with Crippen LogP contribution in [-0.2, 0) is 0 Å². The second-order valence-corrected chi connectivity index (χ2v) is 25.1. The van der Waals surface area contributed by atoms with Gasteiger partial charge in [0.1, 0.15) is 0 Å². The lowest BCUT2D eigenvalue weighted by atomic mass is 9.94. The van der Waals surface area contributed by atoms with Gasteiger partial charge in [0.2, 0.25) is 0 Å². The molecule has 4 aromatic heterocycles. The van der Waals surface area contributed by atoms with E-state index >= 15 is 0 Å². The van der Waals surface area contributed by atoms with Crippen molar-refractivity contribution in [3.8, 4) is 67.3 Å². The first-order valence-electron chi connectivity index (χ1n) is 33.1. The van der Waals surface area contributed by atoms with Gasteiger partial charge in [-0.2, -0.15) is 0 Å². The minimum absolute atomic E-state index is 1.15. The Labute approximate surface area is 554 Å². The molecule has 0 unspecified atom stereocenters. The fourth-order valence-electron chi connectivity index (χ4n) is 15.5. The van der Waals surface area contributed by atoms with E-state index in [1.54, 1.807) is 0 Å². The van der Waals surface area contributed by atoms with Crippen molar-refractivity contribution in [2.45, 2.75) is 0 Å². The van der Waals surface area contributed by atoms with Gasteiger partial charge >= 0.3 is 0 Å². The molecule has 0 radical (unpaired) electrons. The number of fused-ring (bicyclic) bond motifs is 15. The van der Waals surface area contributed by atoms with Crippen molar-refractivity contribution in [2.24, 2.45) is 0 Å². The number of hydrogen-bond acceptors (Lipinski definition) is 0. The van der Waals surface area contributed by atoms with Gasteiger partial charge in [-0.1, -0.05) is 267 Å². The number of rotatable bonds is 8. The fourth-order valence-corrected chi connectivity index (χ4v) is 15.5. The molecule has 0 saturated heterocycles. The summed E-state index contributed by atoms with van der Waals surface area (Å²) in [6, 6.07) is 132. The highest BCUT2D eigenvalue weighted by Gasteiger charge is 2.23. The summed E-state index contributed by atoms with van der Waals surface area (Å²) in [5.74, 6) is 0. The molecular weight excluding hydrogens is 1160 g/mol. The Kier molecular flexibility index (Phi) is 12.9. The first kappa shape index (κ1) is 54.9. The van der Waals surface area contributed by atoms with E-state index in [0.717, 1.165) is 22.7 Å². The SMILES string of the molecule is c1ccc(-c2ccccc2-c2ccc(-n3c4ccccc4c4cc5c6cc7ccccc7cc6n(-c6ccccc6)c5cc43)cc2)cc1.c1ccc(-c2ccccc2-c2cccc(-n3c4ccccc4c4cc5c6ccc7ccccc7c6n(-c6ccccc6)c5cc43)c2)cc1. The fraction of sp³-hybridized carbons (Fsp3) is 0. The van der Waals surface area contributed by atoms with E-state index in [1.165, 1.54) is 153 Å². The van der Waals surface area contributed by atoms with Crippen LogP contribution in [-0.4, -0.2) is 18.3 Å². The smallest absolute Gasteiger partial charge is 0.0619 e. The molecular formula is C92H60N4. The molecule has 0 saturated carbocycles. The monoisotopic (exact) mass is 1220 g/mol. The predicted octanol–water partition coefficient (Wildman–Crippen LogP) is 24.7. The maximum absolute atomic E-state index is 2.46. The van der Waals surface area contributed by atoms with Crippen LogP contribution >= 0.6 is 0 Å². The van der Waals surface area contributed by atoms with E-state index in [0.29, 0.717) is 0 Å². The van der Waals surface area contributed by atoms with Crippen LogP contribution in [0.2, 0.25) is 0 Å². The van der Waals surface area contributed by atoms with Crippen LogP contribution in [0.4, 0.5) is 0 Å². The van der Waals surface area contributed by atoms with Gasteiger partial charge in [0.25, 0.3) is 0 Å².